The quantitative estimate of drug-likeness (QED) is 0.353. The van der Waals surface area contributed by atoms with Gasteiger partial charge in [-0.25, -0.2) is 12.8 Å². The molecule has 2 aliphatic carbocycles. The molecule has 246 valence electrons. The molecule has 1 saturated heterocycles. The fraction of sp³-hybridized carbons (Fsp3) is 0.548. The first-order valence-electron chi connectivity index (χ1n) is 14.6. The minimum absolute atomic E-state index is 0.0577. The summed E-state index contributed by atoms with van der Waals surface area (Å²) < 4.78 is 124. The van der Waals surface area contributed by atoms with E-state index in [2.05, 4.69) is 0 Å². The molecule has 5 rings (SSSR count). The summed E-state index contributed by atoms with van der Waals surface area (Å²) in [6.45, 7) is 1.77. The largest absolute Gasteiger partial charge is 0.481 e. The van der Waals surface area contributed by atoms with Crippen LogP contribution in [0.5, 0.6) is 0 Å². The summed E-state index contributed by atoms with van der Waals surface area (Å²) in [5.74, 6) is -1.92. The lowest BCUT2D eigenvalue weighted by atomic mass is 9.70. The molecule has 14 heteroatoms. The summed E-state index contributed by atoms with van der Waals surface area (Å²) >= 11 is 0. The van der Waals surface area contributed by atoms with E-state index >= 15 is 4.39 Å². The molecule has 45 heavy (non-hydrogen) atoms. The Labute approximate surface area is 255 Å². The van der Waals surface area contributed by atoms with Crippen LogP contribution >= 0.6 is 0 Å². The highest BCUT2D eigenvalue weighted by molar-refractivity contribution is 7.92. The first kappa shape index (κ1) is 33.2. The number of alkyl halides is 7. The zero-order chi connectivity index (χ0) is 33.2. The standard InChI is InChI=1S/C31H32F7NO5S/c1-27(26(41)42)15-12-19(13-16-27)25(40)39-17-5-14-28(45(43,44)22-6-3-2-4-7-22)23-10-9-21(18-20(23)8-11-24(28)39)29(32,30(33,34)35)31(36,37)38/h2-4,6-7,9-10,18-19,24H,5,8,11-17H2,1H3,(H,41,42). The van der Waals surface area contributed by atoms with Crippen LogP contribution in [-0.4, -0.2) is 55.2 Å². The first-order chi connectivity index (χ1) is 20.8. The fourth-order valence-electron chi connectivity index (χ4n) is 7.48. The van der Waals surface area contributed by atoms with E-state index in [0.29, 0.717) is 12.1 Å². The number of fused-ring (bicyclic) bond motifs is 3. The lowest BCUT2D eigenvalue weighted by Crippen LogP contribution is -2.63. The van der Waals surface area contributed by atoms with Crippen LogP contribution in [0.1, 0.15) is 68.6 Å². The van der Waals surface area contributed by atoms with Crippen LogP contribution in [0, 0.1) is 11.3 Å². The van der Waals surface area contributed by atoms with Crippen LogP contribution in [0.4, 0.5) is 30.7 Å². The van der Waals surface area contributed by atoms with Gasteiger partial charge in [0.05, 0.1) is 16.4 Å². The topological polar surface area (TPSA) is 91.8 Å². The molecule has 2 fully saturated rings. The third-order valence-corrected chi connectivity index (χ3v) is 12.6. The van der Waals surface area contributed by atoms with Gasteiger partial charge in [-0.2, -0.15) is 26.3 Å². The van der Waals surface area contributed by atoms with Crippen molar-refractivity contribution in [3.05, 3.63) is 65.2 Å². The molecule has 0 bridgehead atoms. The number of benzene rings is 2. The van der Waals surface area contributed by atoms with E-state index in [9.17, 15) is 49.5 Å². The van der Waals surface area contributed by atoms with E-state index < -0.39 is 61.5 Å². The minimum atomic E-state index is -6.34. The smallest absolute Gasteiger partial charge is 0.435 e. The molecule has 2 aromatic carbocycles. The van der Waals surface area contributed by atoms with E-state index in [1.807, 2.05) is 0 Å². The number of hydrogen-bond donors (Lipinski definition) is 1. The number of aryl methyl sites for hydroxylation is 1. The second kappa shape index (κ2) is 11.0. The monoisotopic (exact) mass is 663 g/mol. The van der Waals surface area contributed by atoms with Crippen LogP contribution in [0.2, 0.25) is 0 Å². The highest BCUT2D eigenvalue weighted by Gasteiger charge is 2.73. The van der Waals surface area contributed by atoms with Crippen molar-refractivity contribution in [3.8, 4) is 0 Å². The van der Waals surface area contributed by atoms with E-state index in [0.717, 1.165) is 6.07 Å². The van der Waals surface area contributed by atoms with Gasteiger partial charge >= 0.3 is 24.0 Å². The molecular formula is C31H32F7NO5S. The van der Waals surface area contributed by atoms with Gasteiger partial charge in [-0.05, 0) is 81.5 Å². The number of carbonyl (C=O) groups excluding carboxylic acids is 1. The number of likely N-dealkylation sites (tertiary alicyclic amines) is 1. The minimum Gasteiger partial charge on any atom is -0.481 e. The Morgan fingerprint density at radius 1 is 0.889 bits per heavy atom. The molecule has 1 N–H and O–H groups in total. The Balaban J connectivity index is 1.63. The number of hydrogen-bond acceptors (Lipinski definition) is 4. The number of sulfone groups is 1. The molecule has 3 aliphatic rings. The van der Waals surface area contributed by atoms with Crippen molar-refractivity contribution in [2.24, 2.45) is 11.3 Å². The van der Waals surface area contributed by atoms with Crippen LogP contribution in [0.15, 0.2) is 53.4 Å². The van der Waals surface area contributed by atoms with Crippen molar-refractivity contribution in [2.75, 3.05) is 6.54 Å². The maximum absolute atomic E-state index is 15.1. The SMILES string of the molecule is CC1(C(=O)O)CCC(C(=O)N2CCCC3(S(=O)(=O)c4ccccc4)c4ccc(C(F)(C(F)(F)F)C(F)(F)F)cc4CCC23)CC1. The maximum Gasteiger partial charge on any atom is 0.435 e. The van der Waals surface area contributed by atoms with Gasteiger partial charge < -0.3 is 10.0 Å². The Morgan fingerprint density at radius 2 is 1.49 bits per heavy atom. The van der Waals surface area contributed by atoms with Gasteiger partial charge in [-0.3, -0.25) is 9.59 Å². The molecule has 0 radical (unpaired) electrons. The number of carboxylic acid groups (broad SMARTS) is 1. The molecule has 2 aromatic rings. The lowest BCUT2D eigenvalue weighted by molar-refractivity contribution is -0.348. The van der Waals surface area contributed by atoms with E-state index in [-0.39, 0.29) is 79.8 Å². The number of carbonyl (C=O) groups is 2. The summed E-state index contributed by atoms with van der Waals surface area (Å²) in [5, 5.41) is 9.60. The molecule has 2 atom stereocenters. The molecular weight excluding hydrogens is 631 g/mol. The number of piperidine rings is 1. The molecule has 1 heterocycles. The third-order valence-electron chi connectivity index (χ3n) is 10.1. The highest BCUT2D eigenvalue weighted by atomic mass is 32.2. The fourth-order valence-corrected chi connectivity index (χ4v) is 9.92. The van der Waals surface area contributed by atoms with Crippen molar-refractivity contribution in [1.82, 2.24) is 4.90 Å². The van der Waals surface area contributed by atoms with Gasteiger partial charge in [0.25, 0.3) is 0 Å². The number of amides is 1. The summed E-state index contributed by atoms with van der Waals surface area (Å²) in [6.07, 6.45) is -11.9. The second-order valence-corrected chi connectivity index (χ2v) is 14.8. The van der Waals surface area contributed by atoms with Crippen molar-refractivity contribution in [2.45, 2.75) is 92.0 Å². The van der Waals surface area contributed by atoms with Crippen molar-refractivity contribution in [1.29, 1.82) is 0 Å². The van der Waals surface area contributed by atoms with Crippen molar-refractivity contribution >= 4 is 21.7 Å². The molecule has 1 saturated carbocycles. The van der Waals surface area contributed by atoms with Crippen molar-refractivity contribution < 1.29 is 53.8 Å². The van der Waals surface area contributed by atoms with Crippen molar-refractivity contribution in [3.63, 3.8) is 0 Å². The summed E-state index contributed by atoms with van der Waals surface area (Å²) in [7, 11) is -4.44. The zero-order valence-corrected chi connectivity index (χ0v) is 25.0. The van der Waals surface area contributed by atoms with E-state index in [1.54, 1.807) is 13.0 Å². The Bertz CT molecular complexity index is 1570. The summed E-state index contributed by atoms with van der Waals surface area (Å²) in [5.41, 5.74) is -8.60. The average molecular weight is 664 g/mol. The Hall–Kier alpha value is -3.16. The van der Waals surface area contributed by atoms with Crippen LogP contribution in [0.25, 0.3) is 0 Å². The highest BCUT2D eigenvalue weighted by Crippen LogP contribution is 2.56. The molecule has 1 aliphatic heterocycles. The predicted octanol–water partition coefficient (Wildman–Crippen LogP) is 6.86. The van der Waals surface area contributed by atoms with Crippen LogP contribution < -0.4 is 0 Å². The lowest BCUT2D eigenvalue weighted by Gasteiger charge is -2.53. The van der Waals surface area contributed by atoms with Gasteiger partial charge in [-0.1, -0.05) is 36.4 Å². The van der Waals surface area contributed by atoms with Gasteiger partial charge in [0, 0.05) is 18.0 Å². The van der Waals surface area contributed by atoms with E-state index in [4.69, 9.17) is 0 Å². The van der Waals surface area contributed by atoms with Gasteiger partial charge in [0.2, 0.25) is 5.91 Å². The van der Waals surface area contributed by atoms with Crippen LogP contribution in [0.3, 0.4) is 0 Å². The normalized spacial score (nSPS) is 27.8. The second-order valence-electron chi connectivity index (χ2n) is 12.6. The number of carboxylic acids is 1. The number of nitrogens with zero attached hydrogens (tertiary/aromatic N) is 1. The predicted molar refractivity (Wildman–Crippen MR) is 147 cm³/mol. The van der Waals surface area contributed by atoms with Gasteiger partial charge in [0.1, 0.15) is 4.75 Å². The molecule has 1 amide bonds. The number of rotatable bonds is 5. The van der Waals surface area contributed by atoms with Gasteiger partial charge in [-0.15, -0.1) is 0 Å². The first-order valence-corrected chi connectivity index (χ1v) is 16.1. The van der Waals surface area contributed by atoms with Gasteiger partial charge in [0.15, 0.2) is 9.84 Å². The Kier molecular flexibility index (Phi) is 8.10. The third kappa shape index (κ3) is 5.01. The average Bonchev–Trinajstić information content (AvgIpc) is 2.99. The molecule has 0 spiro atoms. The summed E-state index contributed by atoms with van der Waals surface area (Å²) in [6, 6.07) is 7.82. The van der Waals surface area contributed by atoms with E-state index in [1.165, 1.54) is 29.2 Å². The summed E-state index contributed by atoms with van der Waals surface area (Å²) in [4.78, 5) is 27.0. The molecule has 0 aromatic heterocycles. The van der Waals surface area contributed by atoms with Crippen LogP contribution in [-0.2, 0) is 36.3 Å². The zero-order valence-electron chi connectivity index (χ0n) is 24.2. The molecule has 6 nitrogen and oxygen atoms in total. The number of aliphatic carboxylic acids is 1. The molecule has 2 unspecified atom stereocenters. The Morgan fingerprint density at radius 3 is 2.04 bits per heavy atom. The maximum atomic E-state index is 15.1. The number of halogens is 7.